The second-order valence-corrected chi connectivity index (χ2v) is 3.48. The summed E-state index contributed by atoms with van der Waals surface area (Å²) < 4.78 is 5.08. The Kier molecular flexibility index (Phi) is 4.72. The second kappa shape index (κ2) is 5.85. The predicted octanol–water partition coefficient (Wildman–Crippen LogP) is 3.02. The van der Waals surface area contributed by atoms with Gasteiger partial charge in [0.15, 0.2) is 0 Å². The molecule has 0 heterocycles. The lowest BCUT2D eigenvalue weighted by Crippen LogP contribution is -1.85. The van der Waals surface area contributed by atoms with Crippen molar-refractivity contribution in [2.24, 2.45) is 0 Å². The van der Waals surface area contributed by atoms with Gasteiger partial charge in [0, 0.05) is 17.7 Å². The average Bonchev–Trinajstić information content (AvgIpc) is 2.21. The molecule has 1 rings (SSSR count). The first-order valence-electron chi connectivity index (χ1n) is 4.21. The Morgan fingerprint density at radius 3 is 2.93 bits per heavy atom. The fourth-order valence-electron chi connectivity index (χ4n) is 0.958. The molecule has 0 saturated heterocycles. The summed E-state index contributed by atoms with van der Waals surface area (Å²) in [4.78, 5) is 0. The van der Waals surface area contributed by atoms with Crippen LogP contribution in [0.3, 0.4) is 0 Å². The van der Waals surface area contributed by atoms with Crippen molar-refractivity contribution in [2.75, 3.05) is 12.9 Å². The van der Waals surface area contributed by atoms with Gasteiger partial charge in [0.1, 0.15) is 5.75 Å². The van der Waals surface area contributed by atoms with Crippen LogP contribution in [0, 0.1) is 11.8 Å². The maximum absolute atomic E-state index is 5.87. The zero-order chi connectivity index (χ0) is 10.4. The molecule has 0 aromatic heterocycles. The van der Waals surface area contributed by atoms with E-state index in [1.807, 2.05) is 12.1 Å². The Hall–Kier alpha value is -0.780. The summed E-state index contributed by atoms with van der Waals surface area (Å²) in [7, 11) is 1.59. The summed E-state index contributed by atoms with van der Waals surface area (Å²) in [5.41, 5.74) is 0.910. The van der Waals surface area contributed by atoms with Gasteiger partial charge >= 0.3 is 0 Å². The molecule has 1 nitrogen and oxygen atoms in total. The van der Waals surface area contributed by atoms with Gasteiger partial charge < -0.3 is 4.74 Å². The Bertz CT molecular complexity index is 365. The largest absolute Gasteiger partial charge is 0.495 e. The topological polar surface area (TPSA) is 9.23 Å². The SMILES string of the molecule is COc1cc(C#CCCS)ccc1Cl. The van der Waals surface area contributed by atoms with Gasteiger partial charge in [-0.15, -0.1) is 0 Å². The number of methoxy groups -OCH3 is 1. The molecule has 0 unspecified atom stereocenters. The van der Waals surface area contributed by atoms with E-state index in [1.54, 1.807) is 13.2 Å². The highest BCUT2D eigenvalue weighted by Crippen LogP contribution is 2.24. The zero-order valence-electron chi connectivity index (χ0n) is 7.88. The fourth-order valence-corrected chi connectivity index (χ4v) is 1.26. The van der Waals surface area contributed by atoms with E-state index in [0.717, 1.165) is 17.7 Å². The summed E-state index contributed by atoms with van der Waals surface area (Å²) in [6, 6.07) is 5.48. The molecular weight excluding hydrogens is 216 g/mol. The quantitative estimate of drug-likeness (QED) is 0.603. The summed E-state index contributed by atoms with van der Waals surface area (Å²) >= 11 is 9.95. The fraction of sp³-hybridized carbons (Fsp3) is 0.273. The minimum absolute atomic E-state index is 0.604. The van der Waals surface area contributed by atoms with E-state index in [2.05, 4.69) is 24.5 Å². The van der Waals surface area contributed by atoms with Crippen molar-refractivity contribution in [2.45, 2.75) is 6.42 Å². The summed E-state index contributed by atoms with van der Waals surface area (Å²) in [6.45, 7) is 0. The third-order valence-corrected chi connectivity index (χ3v) is 2.16. The minimum atomic E-state index is 0.604. The van der Waals surface area contributed by atoms with Crippen LogP contribution in [-0.4, -0.2) is 12.9 Å². The van der Waals surface area contributed by atoms with Crippen molar-refractivity contribution >= 4 is 24.2 Å². The first-order chi connectivity index (χ1) is 6.77. The molecule has 0 amide bonds. The summed E-state index contributed by atoms with van der Waals surface area (Å²) in [5, 5.41) is 0.604. The first kappa shape index (κ1) is 11.3. The van der Waals surface area contributed by atoms with Crippen LogP contribution in [0.25, 0.3) is 0 Å². The van der Waals surface area contributed by atoms with Crippen molar-refractivity contribution in [3.63, 3.8) is 0 Å². The van der Waals surface area contributed by atoms with Crippen LogP contribution >= 0.6 is 24.2 Å². The highest BCUT2D eigenvalue weighted by atomic mass is 35.5. The zero-order valence-corrected chi connectivity index (χ0v) is 9.53. The summed E-state index contributed by atoms with van der Waals surface area (Å²) in [5.74, 6) is 7.44. The molecule has 0 N–H and O–H groups in total. The Morgan fingerprint density at radius 1 is 1.50 bits per heavy atom. The minimum Gasteiger partial charge on any atom is -0.495 e. The molecule has 14 heavy (non-hydrogen) atoms. The number of halogens is 1. The van der Waals surface area contributed by atoms with Gasteiger partial charge in [-0.1, -0.05) is 23.4 Å². The van der Waals surface area contributed by atoms with Crippen molar-refractivity contribution in [3.8, 4) is 17.6 Å². The number of hydrogen-bond acceptors (Lipinski definition) is 2. The number of rotatable bonds is 2. The van der Waals surface area contributed by atoms with Gasteiger partial charge in [-0.3, -0.25) is 0 Å². The van der Waals surface area contributed by atoms with Crippen LogP contribution in [0.1, 0.15) is 12.0 Å². The van der Waals surface area contributed by atoms with E-state index < -0.39 is 0 Å². The van der Waals surface area contributed by atoms with E-state index in [4.69, 9.17) is 16.3 Å². The molecular formula is C11H11ClOS. The molecule has 74 valence electrons. The van der Waals surface area contributed by atoms with E-state index in [9.17, 15) is 0 Å². The third kappa shape index (κ3) is 3.17. The maximum Gasteiger partial charge on any atom is 0.138 e. The van der Waals surface area contributed by atoms with Crippen molar-refractivity contribution < 1.29 is 4.74 Å². The normalized spacial score (nSPS) is 9.07. The molecule has 0 spiro atoms. The van der Waals surface area contributed by atoms with Gasteiger partial charge in [0.05, 0.1) is 12.1 Å². The number of hydrogen-bond donors (Lipinski definition) is 1. The molecule has 0 aliphatic heterocycles. The van der Waals surface area contributed by atoms with Crippen LogP contribution in [0.2, 0.25) is 5.02 Å². The van der Waals surface area contributed by atoms with Crippen molar-refractivity contribution in [1.29, 1.82) is 0 Å². The molecule has 1 aromatic rings. The molecule has 0 saturated carbocycles. The Labute approximate surface area is 94.8 Å². The van der Waals surface area contributed by atoms with Gasteiger partial charge in [-0.2, -0.15) is 12.6 Å². The van der Waals surface area contributed by atoms with Gasteiger partial charge in [-0.05, 0) is 18.2 Å². The van der Waals surface area contributed by atoms with E-state index in [-0.39, 0.29) is 0 Å². The maximum atomic E-state index is 5.87. The monoisotopic (exact) mass is 226 g/mol. The van der Waals surface area contributed by atoms with E-state index in [0.29, 0.717) is 10.8 Å². The third-order valence-electron chi connectivity index (χ3n) is 1.62. The van der Waals surface area contributed by atoms with Crippen LogP contribution in [0.5, 0.6) is 5.75 Å². The molecule has 0 bridgehead atoms. The van der Waals surface area contributed by atoms with Crippen LogP contribution in [0.4, 0.5) is 0 Å². The van der Waals surface area contributed by atoms with Crippen molar-refractivity contribution in [3.05, 3.63) is 28.8 Å². The molecule has 0 atom stereocenters. The van der Waals surface area contributed by atoms with Gasteiger partial charge in [-0.25, -0.2) is 0 Å². The van der Waals surface area contributed by atoms with Gasteiger partial charge in [0.2, 0.25) is 0 Å². The summed E-state index contributed by atoms with van der Waals surface area (Å²) in [6.07, 6.45) is 0.786. The molecule has 0 fully saturated rings. The van der Waals surface area contributed by atoms with Crippen LogP contribution in [0.15, 0.2) is 18.2 Å². The van der Waals surface area contributed by atoms with Crippen LogP contribution in [-0.2, 0) is 0 Å². The smallest absolute Gasteiger partial charge is 0.138 e. The molecule has 1 aromatic carbocycles. The highest BCUT2D eigenvalue weighted by Gasteiger charge is 1.99. The average molecular weight is 227 g/mol. The highest BCUT2D eigenvalue weighted by molar-refractivity contribution is 7.80. The van der Waals surface area contributed by atoms with Crippen molar-refractivity contribution in [1.82, 2.24) is 0 Å². The predicted molar refractivity (Wildman–Crippen MR) is 63.4 cm³/mol. The molecule has 0 radical (unpaired) electrons. The number of benzene rings is 1. The second-order valence-electron chi connectivity index (χ2n) is 2.62. The lowest BCUT2D eigenvalue weighted by Gasteiger charge is -2.01. The Balaban J connectivity index is 2.86. The molecule has 0 aliphatic rings. The van der Waals surface area contributed by atoms with E-state index >= 15 is 0 Å². The van der Waals surface area contributed by atoms with Crippen LogP contribution < -0.4 is 4.74 Å². The van der Waals surface area contributed by atoms with E-state index in [1.165, 1.54) is 0 Å². The standard InChI is InChI=1S/C11H11ClOS/c1-13-11-8-9(4-2-3-7-14)5-6-10(11)12/h5-6,8,14H,3,7H2,1H3. The lowest BCUT2D eigenvalue weighted by molar-refractivity contribution is 0.415. The lowest BCUT2D eigenvalue weighted by atomic mass is 10.2. The first-order valence-corrected chi connectivity index (χ1v) is 5.22. The molecule has 3 heteroatoms. The Morgan fingerprint density at radius 2 is 2.29 bits per heavy atom. The van der Waals surface area contributed by atoms with Gasteiger partial charge in [0.25, 0.3) is 0 Å². The number of ether oxygens (including phenoxy) is 1. The molecule has 0 aliphatic carbocycles. The number of thiol groups is 1.